The maximum atomic E-state index is 2.36. The molecule has 1 rings (SSSR count). The molecule has 0 bridgehead atoms. The Morgan fingerprint density at radius 2 is 2.07 bits per heavy atom. The van der Waals surface area contributed by atoms with Gasteiger partial charge in [0.15, 0.2) is 0 Å². The van der Waals surface area contributed by atoms with Gasteiger partial charge in [-0.25, -0.2) is 0 Å². The molecule has 0 amide bonds. The third kappa shape index (κ3) is 3.15. The van der Waals surface area contributed by atoms with E-state index in [-0.39, 0.29) is 0 Å². The van der Waals surface area contributed by atoms with Crippen LogP contribution in [0.4, 0.5) is 0 Å². The van der Waals surface area contributed by atoms with Gasteiger partial charge in [0.2, 0.25) is 0 Å². The first kappa shape index (κ1) is 11.8. The highest BCUT2D eigenvalue weighted by Gasteiger charge is 2.31. The summed E-state index contributed by atoms with van der Waals surface area (Å²) in [6, 6.07) is 0. The summed E-state index contributed by atoms with van der Waals surface area (Å²) in [5, 5.41) is 0. The Bertz CT molecular complexity index is 200. The lowest BCUT2D eigenvalue weighted by Crippen LogP contribution is -1.93. The molecule has 2 atom stereocenters. The monoisotopic (exact) mass is 194 g/mol. The molecule has 14 heavy (non-hydrogen) atoms. The van der Waals surface area contributed by atoms with E-state index in [0.29, 0.717) is 0 Å². The van der Waals surface area contributed by atoms with Crippen molar-refractivity contribution in [2.24, 2.45) is 11.8 Å². The lowest BCUT2D eigenvalue weighted by Gasteiger charge is -2.08. The van der Waals surface area contributed by atoms with Gasteiger partial charge < -0.3 is 0 Å². The van der Waals surface area contributed by atoms with Crippen molar-refractivity contribution in [1.29, 1.82) is 0 Å². The van der Waals surface area contributed by atoms with Gasteiger partial charge in [0.05, 0.1) is 0 Å². The zero-order valence-corrected chi connectivity index (χ0v) is 10.4. The molecule has 82 valence electrons. The fraction of sp³-hybridized carbons (Fsp3) is 0.857. The van der Waals surface area contributed by atoms with Crippen LogP contribution < -0.4 is 0 Å². The second-order valence-electron chi connectivity index (χ2n) is 4.91. The highest BCUT2D eigenvalue weighted by molar-refractivity contribution is 5.30. The van der Waals surface area contributed by atoms with E-state index >= 15 is 0 Å². The van der Waals surface area contributed by atoms with E-state index in [4.69, 9.17) is 0 Å². The smallest absolute Gasteiger partial charge is 0.0163 e. The summed E-state index contributed by atoms with van der Waals surface area (Å²) in [4.78, 5) is 0. The predicted octanol–water partition coefficient (Wildman–Crippen LogP) is 4.95. The van der Waals surface area contributed by atoms with E-state index in [2.05, 4.69) is 27.7 Å². The minimum atomic E-state index is 0.821. The SMILES string of the molecule is CCCCCC1CC1=C(C)C(C)CC. The normalized spacial score (nSPS) is 26.1. The molecule has 0 heteroatoms. The Hall–Kier alpha value is -0.260. The average molecular weight is 194 g/mol. The molecule has 0 aromatic carbocycles. The molecule has 0 saturated heterocycles. The molecule has 2 unspecified atom stereocenters. The summed E-state index contributed by atoms with van der Waals surface area (Å²) in [7, 11) is 0. The first-order chi connectivity index (χ1) is 6.70. The third-order valence-electron chi connectivity index (χ3n) is 3.81. The van der Waals surface area contributed by atoms with Crippen molar-refractivity contribution in [2.45, 2.75) is 66.2 Å². The van der Waals surface area contributed by atoms with E-state index in [1.165, 1.54) is 38.5 Å². The number of rotatable bonds is 6. The van der Waals surface area contributed by atoms with Gasteiger partial charge in [0, 0.05) is 0 Å². The first-order valence-corrected chi connectivity index (χ1v) is 6.40. The molecule has 0 aliphatic heterocycles. The zero-order valence-electron chi connectivity index (χ0n) is 10.4. The Morgan fingerprint density at radius 3 is 2.64 bits per heavy atom. The Kier molecular flexibility index (Phi) is 4.71. The zero-order chi connectivity index (χ0) is 10.6. The lowest BCUT2D eigenvalue weighted by molar-refractivity contribution is 0.621. The van der Waals surface area contributed by atoms with Crippen LogP contribution in [0, 0.1) is 11.8 Å². The number of hydrogen-bond acceptors (Lipinski definition) is 0. The number of allylic oxidation sites excluding steroid dienone is 2. The van der Waals surface area contributed by atoms with E-state index in [1.807, 2.05) is 0 Å². The van der Waals surface area contributed by atoms with E-state index in [0.717, 1.165) is 11.8 Å². The van der Waals surface area contributed by atoms with Crippen molar-refractivity contribution in [3.63, 3.8) is 0 Å². The van der Waals surface area contributed by atoms with Crippen molar-refractivity contribution in [3.8, 4) is 0 Å². The molecule has 0 aromatic heterocycles. The standard InChI is InChI=1S/C14H26/c1-5-7-8-9-13-10-14(13)12(4)11(3)6-2/h11,13H,5-10H2,1-4H3. The molecule has 0 aromatic rings. The Labute approximate surface area is 89.8 Å². The van der Waals surface area contributed by atoms with Crippen LogP contribution in [0.2, 0.25) is 0 Å². The van der Waals surface area contributed by atoms with E-state index in [1.54, 1.807) is 11.1 Å². The van der Waals surface area contributed by atoms with Gasteiger partial charge in [0.1, 0.15) is 0 Å². The van der Waals surface area contributed by atoms with Crippen molar-refractivity contribution in [3.05, 3.63) is 11.1 Å². The van der Waals surface area contributed by atoms with Gasteiger partial charge >= 0.3 is 0 Å². The molecule has 0 N–H and O–H groups in total. The number of unbranched alkanes of at least 4 members (excludes halogenated alkanes) is 2. The molecule has 0 spiro atoms. The summed E-state index contributed by atoms with van der Waals surface area (Å²) in [5.74, 6) is 1.80. The molecule has 0 heterocycles. The molecule has 1 aliphatic rings. The van der Waals surface area contributed by atoms with Crippen LogP contribution in [0.5, 0.6) is 0 Å². The number of hydrogen-bond donors (Lipinski definition) is 0. The van der Waals surface area contributed by atoms with Crippen molar-refractivity contribution in [1.82, 2.24) is 0 Å². The summed E-state index contributed by atoms with van der Waals surface area (Å²) < 4.78 is 0. The van der Waals surface area contributed by atoms with Gasteiger partial charge in [-0.05, 0) is 38.0 Å². The fourth-order valence-corrected chi connectivity index (χ4v) is 2.23. The Morgan fingerprint density at radius 1 is 1.36 bits per heavy atom. The minimum absolute atomic E-state index is 0.821. The summed E-state index contributed by atoms with van der Waals surface area (Å²) in [6.45, 7) is 9.30. The van der Waals surface area contributed by atoms with Crippen molar-refractivity contribution >= 4 is 0 Å². The fourth-order valence-electron chi connectivity index (χ4n) is 2.23. The molecule has 0 nitrogen and oxygen atoms in total. The van der Waals surface area contributed by atoms with Crippen LogP contribution in [0.1, 0.15) is 66.2 Å². The first-order valence-electron chi connectivity index (χ1n) is 6.40. The van der Waals surface area contributed by atoms with Crippen LogP contribution >= 0.6 is 0 Å². The second-order valence-corrected chi connectivity index (χ2v) is 4.91. The van der Waals surface area contributed by atoms with E-state index in [9.17, 15) is 0 Å². The highest BCUT2D eigenvalue weighted by Crippen LogP contribution is 2.45. The lowest BCUT2D eigenvalue weighted by atomic mass is 9.98. The van der Waals surface area contributed by atoms with Gasteiger partial charge in [0.25, 0.3) is 0 Å². The maximum absolute atomic E-state index is 2.36. The van der Waals surface area contributed by atoms with E-state index < -0.39 is 0 Å². The second kappa shape index (κ2) is 5.58. The molecule has 1 fully saturated rings. The van der Waals surface area contributed by atoms with Crippen LogP contribution in [-0.4, -0.2) is 0 Å². The minimum Gasteiger partial charge on any atom is -0.0710 e. The van der Waals surface area contributed by atoms with Crippen LogP contribution in [0.25, 0.3) is 0 Å². The molecular formula is C14H26. The summed E-state index contributed by atoms with van der Waals surface area (Å²) in [5.41, 5.74) is 3.50. The van der Waals surface area contributed by atoms with Gasteiger partial charge in [-0.3, -0.25) is 0 Å². The quantitative estimate of drug-likeness (QED) is 0.414. The summed E-state index contributed by atoms with van der Waals surface area (Å²) in [6.07, 6.45) is 8.40. The van der Waals surface area contributed by atoms with Gasteiger partial charge in [-0.1, -0.05) is 51.2 Å². The summed E-state index contributed by atoms with van der Waals surface area (Å²) >= 11 is 0. The molecule has 1 aliphatic carbocycles. The van der Waals surface area contributed by atoms with Crippen molar-refractivity contribution < 1.29 is 0 Å². The largest absolute Gasteiger partial charge is 0.0710 e. The predicted molar refractivity (Wildman–Crippen MR) is 64.4 cm³/mol. The highest BCUT2D eigenvalue weighted by atomic mass is 14.4. The van der Waals surface area contributed by atoms with Crippen LogP contribution in [0.3, 0.4) is 0 Å². The molecular weight excluding hydrogens is 168 g/mol. The van der Waals surface area contributed by atoms with Crippen LogP contribution in [-0.2, 0) is 0 Å². The van der Waals surface area contributed by atoms with Gasteiger partial charge in [-0.2, -0.15) is 0 Å². The molecule has 0 radical (unpaired) electrons. The average Bonchev–Trinajstić information content (AvgIpc) is 2.95. The third-order valence-corrected chi connectivity index (χ3v) is 3.81. The topological polar surface area (TPSA) is 0 Å². The van der Waals surface area contributed by atoms with Gasteiger partial charge in [-0.15, -0.1) is 0 Å². The maximum Gasteiger partial charge on any atom is -0.0163 e. The van der Waals surface area contributed by atoms with Crippen LogP contribution in [0.15, 0.2) is 11.1 Å². The Balaban J connectivity index is 2.29. The molecule has 1 saturated carbocycles. The van der Waals surface area contributed by atoms with Crippen molar-refractivity contribution in [2.75, 3.05) is 0 Å².